The molecule has 0 aliphatic carbocycles. The van der Waals surface area contributed by atoms with Gasteiger partial charge in [0, 0.05) is 0 Å². The average molecular weight is 419 g/mol. The first-order chi connectivity index (χ1) is 10.8. The van der Waals surface area contributed by atoms with Crippen molar-refractivity contribution >= 4 is 21.1 Å². The molecular formula is C19H40O2Sn. The Kier molecular flexibility index (Phi) is 20.4. The van der Waals surface area contributed by atoms with Crippen molar-refractivity contribution in [3.05, 3.63) is 0 Å². The van der Waals surface area contributed by atoms with E-state index >= 15 is 0 Å². The van der Waals surface area contributed by atoms with Crippen LogP contribution in [-0.4, -0.2) is 40.6 Å². The second-order valence-electron chi connectivity index (χ2n) is 6.18. The first kappa shape index (κ1) is 22.7. The summed E-state index contributed by atoms with van der Waals surface area (Å²) in [4.78, 5) is 0. The van der Waals surface area contributed by atoms with E-state index in [0.717, 1.165) is 19.6 Å². The molecule has 2 radical (unpaired) electrons. The van der Waals surface area contributed by atoms with E-state index in [1.54, 1.807) is 0 Å². The zero-order valence-corrected chi connectivity index (χ0v) is 18.4. The van der Waals surface area contributed by atoms with Crippen LogP contribution in [0.5, 0.6) is 0 Å². The molecule has 0 aliphatic rings. The predicted octanol–water partition coefficient (Wildman–Crippen LogP) is 6.24. The van der Waals surface area contributed by atoms with Gasteiger partial charge in [-0.1, -0.05) is 0 Å². The van der Waals surface area contributed by atoms with Gasteiger partial charge in [0.15, 0.2) is 0 Å². The molecule has 22 heavy (non-hydrogen) atoms. The zero-order valence-electron chi connectivity index (χ0n) is 15.5. The molecule has 0 spiro atoms. The molecule has 132 valence electrons. The van der Waals surface area contributed by atoms with E-state index in [4.69, 9.17) is 9.47 Å². The maximum absolute atomic E-state index is 6.01. The van der Waals surface area contributed by atoms with Gasteiger partial charge in [0.25, 0.3) is 0 Å². The molecule has 0 unspecified atom stereocenters. The number of ether oxygens (including phenoxy) is 2. The summed E-state index contributed by atoms with van der Waals surface area (Å²) in [5, 5.41) is 0. The van der Waals surface area contributed by atoms with Crippen LogP contribution in [0, 0.1) is 0 Å². The fraction of sp³-hybridized carbons (Fsp3) is 1.00. The van der Waals surface area contributed by atoms with Crippen LogP contribution in [0.3, 0.4) is 0 Å². The van der Waals surface area contributed by atoms with Gasteiger partial charge in [0.05, 0.1) is 0 Å². The molecule has 3 heteroatoms. The van der Waals surface area contributed by atoms with E-state index in [1.165, 1.54) is 73.1 Å². The molecule has 0 aromatic carbocycles. The van der Waals surface area contributed by atoms with Crippen LogP contribution in [0.25, 0.3) is 0 Å². The summed E-state index contributed by atoms with van der Waals surface area (Å²) >= 11 is -0.144. The van der Waals surface area contributed by atoms with Gasteiger partial charge in [-0.05, 0) is 0 Å². The third kappa shape index (κ3) is 17.1. The quantitative estimate of drug-likeness (QED) is 0.149. The third-order valence-corrected chi connectivity index (χ3v) is 7.72. The van der Waals surface area contributed by atoms with Crippen molar-refractivity contribution in [1.82, 2.24) is 0 Å². The molecular weight excluding hydrogens is 379 g/mol. The molecule has 0 aliphatic heterocycles. The van der Waals surface area contributed by atoms with Crippen LogP contribution in [0.2, 0.25) is 8.87 Å². The Morgan fingerprint density at radius 2 is 1.18 bits per heavy atom. The van der Waals surface area contributed by atoms with E-state index in [0.29, 0.717) is 0 Å². The standard InChI is InChI=1S/C15H31O2.C4H9.Sn/c1-4-7-9-11-13-16-15(6-3)17-14-12-10-8-5-2;1-3-4-2;/h15H,3-14H2,1-2H3;1,3-4H2,2H3;. The number of rotatable bonds is 18. The molecule has 0 saturated carbocycles. The molecule has 0 saturated heterocycles. The molecule has 0 bridgehead atoms. The molecule has 0 N–H and O–H groups in total. The van der Waals surface area contributed by atoms with Crippen LogP contribution in [-0.2, 0) is 9.47 Å². The van der Waals surface area contributed by atoms with Gasteiger partial charge in [0.2, 0.25) is 0 Å². The van der Waals surface area contributed by atoms with Gasteiger partial charge in [-0.2, -0.15) is 0 Å². The normalized spacial score (nSPS) is 11.5. The minimum atomic E-state index is -0.144. The third-order valence-electron chi connectivity index (χ3n) is 3.87. The Morgan fingerprint density at radius 1 is 0.636 bits per heavy atom. The predicted molar refractivity (Wildman–Crippen MR) is 98.9 cm³/mol. The fourth-order valence-electron chi connectivity index (χ4n) is 2.35. The second-order valence-corrected chi connectivity index (χ2v) is 10.5. The molecule has 0 fully saturated rings. The van der Waals surface area contributed by atoms with Crippen molar-refractivity contribution in [1.29, 1.82) is 0 Å². The van der Waals surface area contributed by atoms with Crippen molar-refractivity contribution in [3.8, 4) is 0 Å². The first-order valence-electron chi connectivity index (χ1n) is 9.79. The molecule has 0 aromatic heterocycles. The molecule has 0 heterocycles. The SMILES string of the molecule is CCCCCCOC(C[CH2][Sn][CH2]CCC)OCCCCCC. The summed E-state index contributed by atoms with van der Waals surface area (Å²) in [6.07, 6.45) is 14.3. The Bertz CT molecular complexity index is 167. The van der Waals surface area contributed by atoms with E-state index in [9.17, 15) is 0 Å². The van der Waals surface area contributed by atoms with Crippen LogP contribution in [0.4, 0.5) is 0 Å². The van der Waals surface area contributed by atoms with E-state index < -0.39 is 0 Å². The molecule has 0 aromatic rings. The van der Waals surface area contributed by atoms with Crippen molar-refractivity contribution < 1.29 is 9.47 Å². The Hall–Kier alpha value is 0.719. The van der Waals surface area contributed by atoms with E-state index in [-0.39, 0.29) is 27.4 Å². The summed E-state index contributed by atoms with van der Waals surface area (Å²) in [6.45, 7) is 8.58. The van der Waals surface area contributed by atoms with Crippen molar-refractivity contribution in [2.24, 2.45) is 0 Å². The van der Waals surface area contributed by atoms with Gasteiger partial charge in [-0.25, -0.2) is 0 Å². The van der Waals surface area contributed by atoms with Crippen molar-refractivity contribution in [2.75, 3.05) is 13.2 Å². The molecule has 0 amide bonds. The van der Waals surface area contributed by atoms with E-state index in [1.807, 2.05) is 0 Å². The molecule has 2 nitrogen and oxygen atoms in total. The van der Waals surface area contributed by atoms with Crippen LogP contribution in [0.15, 0.2) is 0 Å². The fourth-order valence-corrected chi connectivity index (χ4v) is 6.04. The number of unbranched alkanes of at least 4 members (excludes halogenated alkanes) is 7. The van der Waals surface area contributed by atoms with Gasteiger partial charge in [0.1, 0.15) is 0 Å². The first-order valence-corrected chi connectivity index (χ1v) is 13.8. The summed E-state index contributed by atoms with van der Waals surface area (Å²) in [5.41, 5.74) is 0. The second kappa shape index (κ2) is 19.8. The Morgan fingerprint density at radius 3 is 1.68 bits per heavy atom. The van der Waals surface area contributed by atoms with Crippen molar-refractivity contribution in [2.45, 2.75) is 107 Å². The van der Waals surface area contributed by atoms with Gasteiger partial charge in [-0.15, -0.1) is 0 Å². The monoisotopic (exact) mass is 420 g/mol. The van der Waals surface area contributed by atoms with E-state index in [2.05, 4.69) is 20.8 Å². The van der Waals surface area contributed by atoms with Crippen LogP contribution in [0.1, 0.15) is 91.4 Å². The Balaban J connectivity index is 3.72. The minimum absolute atomic E-state index is 0.0887. The summed E-state index contributed by atoms with van der Waals surface area (Å²) < 4.78 is 15.0. The number of hydrogen-bond acceptors (Lipinski definition) is 2. The summed E-state index contributed by atoms with van der Waals surface area (Å²) in [6, 6.07) is 0. The molecule has 0 atom stereocenters. The van der Waals surface area contributed by atoms with Crippen LogP contribution >= 0.6 is 0 Å². The number of hydrogen-bond donors (Lipinski definition) is 0. The zero-order chi connectivity index (χ0) is 16.3. The van der Waals surface area contributed by atoms with Crippen molar-refractivity contribution in [3.63, 3.8) is 0 Å². The Labute approximate surface area is 150 Å². The van der Waals surface area contributed by atoms with Gasteiger partial charge in [-0.3, -0.25) is 0 Å². The topological polar surface area (TPSA) is 18.5 Å². The molecule has 0 rings (SSSR count). The van der Waals surface area contributed by atoms with Gasteiger partial charge >= 0.3 is 150 Å². The van der Waals surface area contributed by atoms with Gasteiger partial charge < -0.3 is 0 Å². The summed E-state index contributed by atoms with van der Waals surface area (Å²) in [7, 11) is 0. The summed E-state index contributed by atoms with van der Waals surface area (Å²) in [5.74, 6) is 0. The average Bonchev–Trinajstić information content (AvgIpc) is 2.53. The van der Waals surface area contributed by atoms with Crippen LogP contribution < -0.4 is 0 Å². The maximum atomic E-state index is 6.01.